The van der Waals surface area contributed by atoms with E-state index in [1.54, 1.807) is 24.3 Å². The highest BCUT2D eigenvalue weighted by Crippen LogP contribution is 2.26. The number of ether oxygens (including phenoxy) is 2. The van der Waals surface area contributed by atoms with E-state index in [4.69, 9.17) is 26.2 Å². The Balaban J connectivity index is 2.82. The number of halogens is 1. The van der Waals surface area contributed by atoms with Crippen LogP contribution in [0.3, 0.4) is 0 Å². The second kappa shape index (κ2) is 4.18. The Morgan fingerprint density at radius 2 is 1.92 bits per heavy atom. The van der Waals surface area contributed by atoms with Crippen molar-refractivity contribution in [1.29, 1.82) is 0 Å². The maximum absolute atomic E-state index is 8.71. The Kier molecular flexibility index (Phi) is 3.19. The number of hydrogen-bond donors (Lipinski definition) is 1. The van der Waals surface area contributed by atoms with Crippen molar-refractivity contribution in [2.24, 2.45) is 0 Å². The molecule has 0 fully saturated rings. The fourth-order valence-corrected chi connectivity index (χ4v) is 0.917. The smallest absolute Gasteiger partial charge is 0.277 e. The molecule has 0 saturated carbocycles. The number of rotatable bonds is 3. The summed E-state index contributed by atoms with van der Waals surface area (Å²) in [6, 6.07) is 6.93. The summed E-state index contributed by atoms with van der Waals surface area (Å²) >= 11 is 5.22. The van der Waals surface area contributed by atoms with Crippen LogP contribution in [-0.2, 0) is 0 Å². The minimum Gasteiger partial charge on any atom is -0.493 e. The summed E-state index contributed by atoms with van der Waals surface area (Å²) in [7, 11) is 1.52. The summed E-state index contributed by atoms with van der Waals surface area (Å²) in [5, 5.41) is 8.71. The first-order chi connectivity index (χ1) is 5.74. The van der Waals surface area contributed by atoms with Gasteiger partial charge in [-0.2, -0.15) is 0 Å². The van der Waals surface area contributed by atoms with Crippen LogP contribution >= 0.6 is 11.6 Å². The van der Waals surface area contributed by atoms with Crippen molar-refractivity contribution in [1.82, 2.24) is 0 Å². The molecule has 1 aromatic carbocycles. The molecular weight excluding hydrogens is 180 g/mol. The molecule has 0 aliphatic rings. The zero-order chi connectivity index (χ0) is 8.97. The molecule has 0 spiro atoms. The minimum atomic E-state index is -1.35. The number of aliphatic hydroxyl groups is 1. The van der Waals surface area contributed by atoms with Crippen LogP contribution in [0.2, 0.25) is 0 Å². The lowest BCUT2D eigenvalue weighted by Crippen LogP contribution is -2.07. The van der Waals surface area contributed by atoms with Crippen LogP contribution in [0.5, 0.6) is 11.5 Å². The molecule has 0 saturated heterocycles. The van der Waals surface area contributed by atoms with Gasteiger partial charge in [0, 0.05) is 0 Å². The molecule has 1 N–H and O–H groups in total. The third kappa shape index (κ3) is 2.29. The molecule has 0 bridgehead atoms. The largest absolute Gasteiger partial charge is 0.493 e. The average molecular weight is 189 g/mol. The molecule has 0 amide bonds. The maximum Gasteiger partial charge on any atom is 0.277 e. The monoisotopic (exact) mass is 188 g/mol. The third-order valence-electron chi connectivity index (χ3n) is 1.29. The van der Waals surface area contributed by atoms with Crippen LogP contribution in [0.15, 0.2) is 24.3 Å². The predicted octanol–water partition coefficient (Wildman–Crippen LogP) is 1.59. The molecule has 66 valence electrons. The van der Waals surface area contributed by atoms with E-state index in [1.807, 2.05) is 0 Å². The molecule has 12 heavy (non-hydrogen) atoms. The average Bonchev–Trinajstić information content (AvgIpc) is 2.04. The molecule has 0 aliphatic carbocycles. The summed E-state index contributed by atoms with van der Waals surface area (Å²) in [5.74, 6) is -0.388. The summed E-state index contributed by atoms with van der Waals surface area (Å²) in [6.45, 7) is 0. The van der Waals surface area contributed by atoms with Crippen molar-refractivity contribution in [3.63, 3.8) is 0 Å². The first-order valence-corrected chi connectivity index (χ1v) is 3.79. The van der Waals surface area contributed by atoms with E-state index in [1.165, 1.54) is 7.11 Å². The van der Waals surface area contributed by atoms with E-state index in [0.29, 0.717) is 11.5 Å². The fraction of sp³-hybridized carbons (Fsp3) is 0.250. The van der Waals surface area contributed by atoms with Gasteiger partial charge in [-0.3, -0.25) is 0 Å². The van der Waals surface area contributed by atoms with E-state index < -0.39 is 5.75 Å². The minimum absolute atomic E-state index is 0.419. The summed E-state index contributed by atoms with van der Waals surface area (Å²) in [4.78, 5) is 0. The van der Waals surface area contributed by atoms with E-state index >= 15 is 0 Å². The van der Waals surface area contributed by atoms with Gasteiger partial charge in [0.1, 0.15) is 0 Å². The lowest BCUT2D eigenvalue weighted by atomic mass is 10.3. The Hall–Kier alpha value is -0.930. The Labute approximate surface area is 75.5 Å². The molecule has 1 aromatic rings. The van der Waals surface area contributed by atoms with E-state index in [2.05, 4.69) is 0 Å². The van der Waals surface area contributed by atoms with Crippen molar-refractivity contribution in [2.75, 3.05) is 7.11 Å². The van der Waals surface area contributed by atoms with Gasteiger partial charge >= 0.3 is 0 Å². The van der Waals surface area contributed by atoms with Crippen molar-refractivity contribution in [3.8, 4) is 11.5 Å². The van der Waals surface area contributed by atoms with Gasteiger partial charge in [-0.05, 0) is 23.7 Å². The number of para-hydroxylation sites is 2. The van der Waals surface area contributed by atoms with Gasteiger partial charge in [0.05, 0.1) is 7.11 Å². The van der Waals surface area contributed by atoms with Crippen LogP contribution in [0.1, 0.15) is 0 Å². The molecule has 0 heterocycles. The lowest BCUT2D eigenvalue weighted by Gasteiger charge is -2.10. The molecule has 1 unspecified atom stereocenters. The number of benzene rings is 1. The predicted molar refractivity (Wildman–Crippen MR) is 45.5 cm³/mol. The number of aliphatic hydroxyl groups excluding tert-OH is 1. The summed E-state index contributed by atoms with van der Waals surface area (Å²) in [5.41, 5.74) is 0. The van der Waals surface area contributed by atoms with E-state index in [0.717, 1.165) is 0 Å². The van der Waals surface area contributed by atoms with Crippen LogP contribution in [-0.4, -0.2) is 18.0 Å². The number of methoxy groups -OCH3 is 1. The summed E-state index contributed by atoms with van der Waals surface area (Å²) < 4.78 is 9.78. The molecule has 0 aromatic heterocycles. The summed E-state index contributed by atoms with van der Waals surface area (Å²) in [6.07, 6.45) is 0. The fourth-order valence-electron chi connectivity index (χ4n) is 0.821. The highest BCUT2D eigenvalue weighted by molar-refractivity contribution is 6.18. The molecule has 0 radical (unpaired) electrons. The molecular formula is C8H9ClO3. The number of hydrogen-bond acceptors (Lipinski definition) is 3. The molecule has 3 nitrogen and oxygen atoms in total. The van der Waals surface area contributed by atoms with Gasteiger partial charge in [0.2, 0.25) is 0 Å². The van der Waals surface area contributed by atoms with E-state index in [-0.39, 0.29) is 0 Å². The second-order valence-electron chi connectivity index (χ2n) is 2.06. The maximum atomic E-state index is 8.71. The van der Waals surface area contributed by atoms with Gasteiger partial charge in [-0.1, -0.05) is 12.1 Å². The molecule has 1 rings (SSSR count). The normalized spacial score (nSPS) is 12.2. The number of alkyl halides is 1. The van der Waals surface area contributed by atoms with Crippen LogP contribution < -0.4 is 9.47 Å². The van der Waals surface area contributed by atoms with Gasteiger partial charge in [-0.25, -0.2) is 0 Å². The van der Waals surface area contributed by atoms with Crippen LogP contribution in [0, 0.1) is 0 Å². The van der Waals surface area contributed by atoms with Gasteiger partial charge in [0.15, 0.2) is 11.5 Å². The quantitative estimate of drug-likeness (QED) is 0.578. The zero-order valence-electron chi connectivity index (χ0n) is 6.53. The first kappa shape index (κ1) is 9.16. The van der Waals surface area contributed by atoms with Crippen molar-refractivity contribution < 1.29 is 14.6 Å². The molecule has 4 heteroatoms. The van der Waals surface area contributed by atoms with Gasteiger partial charge in [-0.15, -0.1) is 0 Å². The van der Waals surface area contributed by atoms with E-state index in [9.17, 15) is 0 Å². The molecule has 0 aliphatic heterocycles. The lowest BCUT2D eigenvalue weighted by molar-refractivity contribution is 0.0529. The highest BCUT2D eigenvalue weighted by Gasteiger charge is 2.05. The SMILES string of the molecule is COc1ccccc1OC(O)Cl. The standard InChI is InChI=1S/C8H9ClO3/c1-11-6-4-2-3-5-7(6)12-8(9)10/h2-5,8,10H,1H3. The highest BCUT2D eigenvalue weighted by atomic mass is 35.5. The van der Waals surface area contributed by atoms with Crippen molar-refractivity contribution in [3.05, 3.63) is 24.3 Å². The van der Waals surface area contributed by atoms with Crippen molar-refractivity contribution >= 4 is 11.6 Å². The van der Waals surface area contributed by atoms with Gasteiger partial charge < -0.3 is 14.6 Å². The Morgan fingerprint density at radius 3 is 2.42 bits per heavy atom. The Morgan fingerprint density at radius 1 is 1.33 bits per heavy atom. The van der Waals surface area contributed by atoms with Crippen LogP contribution in [0.4, 0.5) is 0 Å². The topological polar surface area (TPSA) is 38.7 Å². The van der Waals surface area contributed by atoms with Gasteiger partial charge in [0.25, 0.3) is 5.75 Å². The first-order valence-electron chi connectivity index (χ1n) is 3.36. The second-order valence-corrected chi connectivity index (χ2v) is 2.43. The molecule has 1 atom stereocenters. The van der Waals surface area contributed by atoms with Crippen molar-refractivity contribution in [2.45, 2.75) is 5.75 Å². The third-order valence-corrected chi connectivity index (χ3v) is 1.38. The van der Waals surface area contributed by atoms with Crippen LogP contribution in [0.25, 0.3) is 0 Å². The Bertz CT molecular complexity index is 250. The zero-order valence-corrected chi connectivity index (χ0v) is 7.28.